The molecule has 0 saturated carbocycles. The van der Waals surface area contributed by atoms with E-state index in [1.54, 1.807) is 6.20 Å². The lowest BCUT2D eigenvalue weighted by molar-refractivity contribution is -0.390. The summed E-state index contributed by atoms with van der Waals surface area (Å²) in [7, 11) is 0. The van der Waals surface area contributed by atoms with E-state index in [1.807, 2.05) is 29.2 Å². The fraction of sp³-hybridized carbons (Fsp3) is 0.444. The Labute approximate surface area is 165 Å². The summed E-state index contributed by atoms with van der Waals surface area (Å²) in [5, 5.41) is 14.9. The van der Waals surface area contributed by atoms with Gasteiger partial charge in [-0.05, 0) is 57.9 Å². The molecule has 9 heteroatoms. The molecule has 0 bridgehead atoms. The van der Waals surface area contributed by atoms with Crippen molar-refractivity contribution in [2.24, 2.45) is 0 Å². The molecular weight excluding hydrogens is 414 g/mol. The Kier molecular flexibility index (Phi) is 4.96. The van der Waals surface area contributed by atoms with Crippen molar-refractivity contribution in [1.29, 1.82) is 0 Å². The lowest BCUT2D eigenvalue weighted by Crippen LogP contribution is -2.52. The van der Waals surface area contributed by atoms with E-state index < -0.39 is 4.92 Å². The van der Waals surface area contributed by atoms with E-state index in [-0.39, 0.29) is 11.7 Å². The highest BCUT2D eigenvalue weighted by molar-refractivity contribution is 9.10. The minimum atomic E-state index is -0.525. The maximum atomic E-state index is 12.9. The molecule has 2 aliphatic heterocycles. The summed E-state index contributed by atoms with van der Waals surface area (Å²) in [5.41, 5.74) is 1.53. The van der Waals surface area contributed by atoms with Gasteiger partial charge >= 0.3 is 5.82 Å². The van der Waals surface area contributed by atoms with Gasteiger partial charge in [-0.25, -0.2) is 0 Å². The third kappa shape index (κ3) is 3.74. The van der Waals surface area contributed by atoms with Gasteiger partial charge in [-0.2, -0.15) is 4.68 Å². The number of aromatic nitrogens is 2. The minimum absolute atomic E-state index is 0.0519. The normalized spacial score (nSPS) is 19.9. The average Bonchev–Trinajstić information content (AvgIpc) is 3.27. The molecular formula is C18H20BrN5O3. The quantitative estimate of drug-likeness (QED) is 0.546. The van der Waals surface area contributed by atoms with Crippen LogP contribution in [0.4, 0.5) is 5.82 Å². The van der Waals surface area contributed by atoms with Crippen molar-refractivity contribution in [3.8, 4) is 0 Å². The second-order valence-corrected chi connectivity index (χ2v) is 7.89. The van der Waals surface area contributed by atoms with Crippen LogP contribution in [0.1, 0.15) is 28.8 Å². The van der Waals surface area contributed by atoms with Crippen LogP contribution >= 0.6 is 15.9 Å². The molecule has 1 aromatic carbocycles. The molecule has 1 amide bonds. The van der Waals surface area contributed by atoms with E-state index in [4.69, 9.17) is 0 Å². The van der Waals surface area contributed by atoms with Crippen molar-refractivity contribution in [2.75, 3.05) is 26.2 Å². The number of nitro groups is 1. The van der Waals surface area contributed by atoms with Gasteiger partial charge in [0, 0.05) is 31.2 Å². The van der Waals surface area contributed by atoms with Gasteiger partial charge in [-0.15, -0.1) is 0 Å². The van der Waals surface area contributed by atoms with Crippen LogP contribution in [0.25, 0.3) is 0 Å². The van der Waals surface area contributed by atoms with Crippen molar-refractivity contribution in [1.82, 2.24) is 19.6 Å². The molecule has 0 spiro atoms. The van der Waals surface area contributed by atoms with E-state index >= 15 is 0 Å². The Morgan fingerprint density at radius 1 is 1.33 bits per heavy atom. The summed E-state index contributed by atoms with van der Waals surface area (Å²) < 4.78 is 1.84. The average molecular weight is 434 g/mol. The molecule has 2 fully saturated rings. The number of carbonyl (C=O) groups is 1. The second kappa shape index (κ2) is 7.40. The molecule has 2 aromatic rings. The number of halogens is 1. The van der Waals surface area contributed by atoms with Crippen LogP contribution in [-0.4, -0.2) is 62.6 Å². The zero-order chi connectivity index (χ0) is 19.0. The Morgan fingerprint density at radius 2 is 2.19 bits per heavy atom. The van der Waals surface area contributed by atoms with Crippen LogP contribution in [0.15, 0.2) is 34.9 Å². The molecule has 1 atom stereocenters. The number of amides is 1. The highest BCUT2D eigenvalue weighted by atomic mass is 79.9. The number of fused-ring (bicyclic) bond motifs is 1. The van der Waals surface area contributed by atoms with Crippen LogP contribution in [-0.2, 0) is 6.54 Å². The topological polar surface area (TPSA) is 84.5 Å². The summed E-state index contributed by atoms with van der Waals surface area (Å²) in [6.45, 7) is 4.01. The third-order valence-corrected chi connectivity index (χ3v) is 5.82. The maximum Gasteiger partial charge on any atom is 0.404 e. The van der Waals surface area contributed by atoms with Crippen LogP contribution in [0.5, 0.6) is 0 Å². The van der Waals surface area contributed by atoms with Gasteiger partial charge in [0.15, 0.2) is 0 Å². The summed E-state index contributed by atoms with van der Waals surface area (Å²) in [5.74, 6) is -0.160. The number of nitrogens with zero attached hydrogens (tertiary/aromatic N) is 5. The maximum absolute atomic E-state index is 12.9. The third-order valence-electron chi connectivity index (χ3n) is 5.27. The van der Waals surface area contributed by atoms with E-state index in [2.05, 4.69) is 25.9 Å². The molecule has 0 radical (unpaired) electrons. The molecule has 0 unspecified atom stereocenters. The molecule has 27 heavy (non-hydrogen) atoms. The molecule has 8 nitrogen and oxygen atoms in total. The van der Waals surface area contributed by atoms with Gasteiger partial charge in [0.2, 0.25) is 0 Å². The van der Waals surface area contributed by atoms with E-state index in [0.29, 0.717) is 22.6 Å². The first-order valence-electron chi connectivity index (χ1n) is 9.01. The monoisotopic (exact) mass is 433 g/mol. The van der Waals surface area contributed by atoms with Crippen molar-refractivity contribution < 1.29 is 9.72 Å². The van der Waals surface area contributed by atoms with Gasteiger partial charge < -0.3 is 15.0 Å². The first-order chi connectivity index (χ1) is 13.0. The Bertz CT molecular complexity index is 884. The zero-order valence-corrected chi connectivity index (χ0v) is 16.3. The largest absolute Gasteiger partial charge is 0.404 e. The number of hydrogen-bond donors (Lipinski definition) is 0. The summed E-state index contributed by atoms with van der Waals surface area (Å²) in [6.07, 6.45) is 3.95. The molecule has 4 rings (SSSR count). The van der Waals surface area contributed by atoms with Gasteiger partial charge in [0.05, 0.1) is 17.8 Å². The second-order valence-electron chi connectivity index (χ2n) is 7.04. The zero-order valence-electron chi connectivity index (χ0n) is 14.8. The van der Waals surface area contributed by atoms with Gasteiger partial charge in [0.1, 0.15) is 4.47 Å². The first kappa shape index (κ1) is 18.1. The molecule has 3 heterocycles. The molecule has 0 aliphatic carbocycles. The molecule has 0 N–H and O–H groups in total. The summed E-state index contributed by atoms with van der Waals surface area (Å²) in [4.78, 5) is 27.8. The number of rotatable bonds is 4. The lowest BCUT2D eigenvalue weighted by atomic mass is 10.1. The van der Waals surface area contributed by atoms with Crippen molar-refractivity contribution >= 4 is 27.7 Å². The predicted octanol–water partition coefficient (Wildman–Crippen LogP) is 2.52. The number of hydrogen-bond acceptors (Lipinski definition) is 5. The van der Waals surface area contributed by atoms with Crippen LogP contribution in [0.3, 0.4) is 0 Å². The first-order valence-corrected chi connectivity index (χ1v) is 9.80. The predicted molar refractivity (Wildman–Crippen MR) is 103 cm³/mol. The highest BCUT2D eigenvalue weighted by Crippen LogP contribution is 2.24. The fourth-order valence-corrected chi connectivity index (χ4v) is 4.40. The van der Waals surface area contributed by atoms with E-state index in [9.17, 15) is 14.9 Å². The molecule has 2 aliphatic rings. The lowest BCUT2D eigenvalue weighted by Gasteiger charge is -2.37. The SMILES string of the molecule is O=C(c1cccc(Cn2cc(Br)c([N+](=O)[O-])n2)c1)N1CCN2CCC[C@H]2C1. The highest BCUT2D eigenvalue weighted by Gasteiger charge is 2.32. The summed E-state index contributed by atoms with van der Waals surface area (Å²) in [6, 6.07) is 7.92. The van der Waals surface area contributed by atoms with Gasteiger partial charge in [0.25, 0.3) is 5.91 Å². The van der Waals surface area contributed by atoms with E-state index in [1.165, 1.54) is 11.1 Å². The van der Waals surface area contributed by atoms with Gasteiger partial charge in [-0.1, -0.05) is 12.1 Å². The summed E-state index contributed by atoms with van der Waals surface area (Å²) >= 11 is 3.15. The molecule has 1 aromatic heterocycles. The minimum Gasteiger partial charge on any atom is -0.358 e. The number of carbonyl (C=O) groups excluding carboxylic acids is 1. The Morgan fingerprint density at radius 3 is 2.96 bits per heavy atom. The van der Waals surface area contributed by atoms with Crippen molar-refractivity contribution in [2.45, 2.75) is 25.4 Å². The number of benzene rings is 1. The van der Waals surface area contributed by atoms with Gasteiger partial charge in [-0.3, -0.25) is 9.69 Å². The van der Waals surface area contributed by atoms with Crippen molar-refractivity contribution in [3.05, 3.63) is 56.2 Å². The van der Waals surface area contributed by atoms with Crippen LogP contribution in [0, 0.1) is 10.1 Å². The van der Waals surface area contributed by atoms with Crippen LogP contribution in [0.2, 0.25) is 0 Å². The molecule has 2 saturated heterocycles. The van der Waals surface area contributed by atoms with Crippen LogP contribution < -0.4 is 0 Å². The Balaban J connectivity index is 1.48. The Hall–Kier alpha value is -2.26. The molecule has 142 valence electrons. The standard InChI is InChI=1S/C18H20BrN5O3/c19-16-12-23(20-17(16)24(26)27)10-13-3-1-4-14(9-13)18(25)22-8-7-21-6-2-5-15(21)11-22/h1,3-4,9,12,15H,2,5-8,10-11H2/t15-/m0/s1. The van der Waals surface area contributed by atoms with E-state index in [0.717, 1.165) is 38.2 Å². The number of piperazine rings is 1. The smallest absolute Gasteiger partial charge is 0.358 e. The van der Waals surface area contributed by atoms with Crippen molar-refractivity contribution in [3.63, 3.8) is 0 Å². The fourth-order valence-electron chi connectivity index (χ4n) is 3.94.